The van der Waals surface area contributed by atoms with E-state index in [4.69, 9.17) is 21.1 Å². The Labute approximate surface area is 290 Å². The van der Waals surface area contributed by atoms with Crippen LogP contribution in [0.2, 0.25) is 5.02 Å². The maximum absolute atomic E-state index is 13.6. The average molecular weight is 694 g/mol. The third kappa shape index (κ3) is 9.69. The second-order valence-electron chi connectivity index (χ2n) is 12.2. The molecule has 0 unspecified atom stereocenters. The van der Waals surface area contributed by atoms with Crippen molar-refractivity contribution < 1.29 is 33.0 Å². The molecule has 0 saturated carbocycles. The Balaban J connectivity index is 1.33. The van der Waals surface area contributed by atoms with Crippen molar-refractivity contribution in [3.05, 3.63) is 88.5 Å². The van der Waals surface area contributed by atoms with Gasteiger partial charge in [-0.3, -0.25) is 24.2 Å². The van der Waals surface area contributed by atoms with E-state index < -0.39 is 18.0 Å². The van der Waals surface area contributed by atoms with Crippen molar-refractivity contribution in [3.63, 3.8) is 0 Å². The van der Waals surface area contributed by atoms with Gasteiger partial charge in [-0.15, -0.1) is 0 Å². The summed E-state index contributed by atoms with van der Waals surface area (Å²) in [6, 6.07) is 11.6. The monoisotopic (exact) mass is 693 g/mol. The molecule has 11 nitrogen and oxygen atoms in total. The molecule has 2 N–H and O–H groups in total. The number of amides is 4. The van der Waals surface area contributed by atoms with Gasteiger partial charge in [-0.1, -0.05) is 23.7 Å². The molecule has 2 aliphatic rings. The van der Waals surface area contributed by atoms with Crippen LogP contribution in [0, 0.1) is 5.82 Å². The van der Waals surface area contributed by atoms with Gasteiger partial charge in [-0.2, -0.15) is 0 Å². The zero-order valence-corrected chi connectivity index (χ0v) is 28.2. The number of hydrogen-bond acceptors (Lipinski definition) is 7. The first kappa shape index (κ1) is 35.6. The van der Waals surface area contributed by atoms with Crippen LogP contribution in [0.3, 0.4) is 0 Å². The molecule has 5 rings (SSSR count). The van der Waals surface area contributed by atoms with Crippen molar-refractivity contribution in [3.8, 4) is 11.5 Å². The molecule has 260 valence electrons. The van der Waals surface area contributed by atoms with Crippen LogP contribution in [0.1, 0.15) is 53.6 Å². The highest BCUT2D eigenvalue weighted by molar-refractivity contribution is 6.31. The van der Waals surface area contributed by atoms with Crippen LogP contribution < -0.4 is 20.1 Å². The van der Waals surface area contributed by atoms with Crippen LogP contribution in [-0.4, -0.2) is 90.4 Å². The number of nitrogens with zero attached hydrogens (tertiary/aromatic N) is 3. The number of methoxy groups -OCH3 is 1. The van der Waals surface area contributed by atoms with Crippen molar-refractivity contribution in [2.75, 3.05) is 39.8 Å². The SMILES string of the molecule is COc1ccc2cc1O[C@H]1C[C@@H](C(=O)NCCCCN(C(=O)CCc3cccnc3)CCCNC2=O)N(C(=O)Cc2ccc(F)cc2Cl)C1. The van der Waals surface area contributed by atoms with Crippen LogP contribution >= 0.6 is 11.6 Å². The van der Waals surface area contributed by atoms with E-state index in [1.165, 1.54) is 24.1 Å². The van der Waals surface area contributed by atoms with Crippen LogP contribution in [0.4, 0.5) is 4.39 Å². The minimum absolute atomic E-state index is 0.00876. The van der Waals surface area contributed by atoms with E-state index in [0.29, 0.717) is 80.9 Å². The number of aryl methyl sites for hydroxylation is 1. The fraction of sp³-hybridized carbons (Fsp3) is 0.417. The Morgan fingerprint density at radius 1 is 1.04 bits per heavy atom. The molecule has 3 heterocycles. The lowest BCUT2D eigenvalue weighted by atomic mass is 10.1. The predicted octanol–water partition coefficient (Wildman–Crippen LogP) is 3.97. The molecule has 0 aliphatic carbocycles. The molecule has 49 heavy (non-hydrogen) atoms. The highest BCUT2D eigenvalue weighted by Gasteiger charge is 2.41. The second kappa shape index (κ2) is 17.1. The smallest absolute Gasteiger partial charge is 0.251 e. The van der Waals surface area contributed by atoms with Gasteiger partial charge in [0.25, 0.3) is 5.91 Å². The van der Waals surface area contributed by atoms with E-state index in [1.54, 1.807) is 35.5 Å². The second-order valence-corrected chi connectivity index (χ2v) is 12.6. The van der Waals surface area contributed by atoms with Crippen molar-refractivity contribution in [2.24, 2.45) is 0 Å². The number of rotatable bonds is 6. The summed E-state index contributed by atoms with van der Waals surface area (Å²) in [6.07, 6.45) is 5.68. The number of benzene rings is 2. The van der Waals surface area contributed by atoms with Crippen LogP contribution in [-0.2, 0) is 27.2 Å². The van der Waals surface area contributed by atoms with Gasteiger partial charge in [0, 0.05) is 62.0 Å². The summed E-state index contributed by atoms with van der Waals surface area (Å²) in [6.45, 7) is 1.79. The quantitative estimate of drug-likeness (QED) is 0.400. The summed E-state index contributed by atoms with van der Waals surface area (Å²) in [4.78, 5) is 60.9. The number of halogens is 2. The summed E-state index contributed by atoms with van der Waals surface area (Å²) < 4.78 is 25.4. The summed E-state index contributed by atoms with van der Waals surface area (Å²) in [5.74, 6) is -0.799. The van der Waals surface area contributed by atoms with Crippen LogP contribution in [0.25, 0.3) is 0 Å². The Kier molecular flexibility index (Phi) is 12.4. The Hall–Kier alpha value is -4.71. The molecule has 0 radical (unpaired) electrons. The molecule has 4 amide bonds. The number of carbonyl (C=O) groups is 4. The number of carbonyl (C=O) groups excluding carboxylic acids is 4. The molecular formula is C36H41ClFN5O6. The average Bonchev–Trinajstić information content (AvgIpc) is 3.53. The molecule has 4 bridgehead atoms. The summed E-state index contributed by atoms with van der Waals surface area (Å²) in [5.41, 5.74) is 1.77. The normalized spacial score (nSPS) is 19.1. The number of fused-ring (bicyclic) bond motifs is 4. The Morgan fingerprint density at radius 3 is 2.63 bits per heavy atom. The fourth-order valence-electron chi connectivity index (χ4n) is 6.07. The van der Waals surface area contributed by atoms with E-state index in [-0.39, 0.29) is 48.0 Å². The van der Waals surface area contributed by atoms with Gasteiger partial charge in [0.1, 0.15) is 18.0 Å². The Bertz CT molecular complexity index is 1640. The minimum Gasteiger partial charge on any atom is -0.493 e. The number of ether oxygens (including phenoxy) is 2. The van der Waals surface area contributed by atoms with Crippen molar-refractivity contribution >= 4 is 35.2 Å². The van der Waals surface area contributed by atoms with Gasteiger partial charge in [-0.05, 0) is 73.2 Å². The lowest BCUT2D eigenvalue weighted by Gasteiger charge is -2.25. The molecule has 1 fully saturated rings. The molecule has 1 aromatic heterocycles. The predicted molar refractivity (Wildman–Crippen MR) is 181 cm³/mol. The fourth-order valence-corrected chi connectivity index (χ4v) is 6.31. The minimum atomic E-state index is -0.832. The van der Waals surface area contributed by atoms with E-state index >= 15 is 0 Å². The summed E-state index contributed by atoms with van der Waals surface area (Å²) in [7, 11) is 1.49. The Morgan fingerprint density at radius 2 is 1.86 bits per heavy atom. The highest BCUT2D eigenvalue weighted by atomic mass is 35.5. The summed E-state index contributed by atoms with van der Waals surface area (Å²) >= 11 is 6.21. The van der Waals surface area contributed by atoms with Crippen LogP contribution in [0.15, 0.2) is 60.9 Å². The zero-order valence-electron chi connectivity index (χ0n) is 27.5. The van der Waals surface area contributed by atoms with E-state index in [0.717, 1.165) is 11.6 Å². The van der Waals surface area contributed by atoms with E-state index in [9.17, 15) is 23.6 Å². The van der Waals surface area contributed by atoms with Crippen molar-refractivity contribution in [2.45, 2.75) is 57.1 Å². The molecule has 2 aliphatic heterocycles. The third-order valence-corrected chi connectivity index (χ3v) is 9.06. The molecule has 1 saturated heterocycles. The first-order valence-corrected chi connectivity index (χ1v) is 16.9. The number of aromatic nitrogens is 1. The molecule has 0 spiro atoms. The van der Waals surface area contributed by atoms with Gasteiger partial charge in [0.15, 0.2) is 11.5 Å². The van der Waals surface area contributed by atoms with Crippen LogP contribution in [0.5, 0.6) is 11.5 Å². The number of likely N-dealkylation sites (tertiary alicyclic amines) is 1. The molecular weight excluding hydrogens is 653 g/mol. The van der Waals surface area contributed by atoms with Crippen molar-refractivity contribution in [1.29, 1.82) is 0 Å². The summed E-state index contributed by atoms with van der Waals surface area (Å²) in [5, 5.41) is 6.02. The molecule has 3 aromatic rings. The number of nitrogens with one attached hydrogen (secondary N) is 2. The van der Waals surface area contributed by atoms with Gasteiger partial charge < -0.3 is 29.9 Å². The van der Waals surface area contributed by atoms with Gasteiger partial charge in [-0.25, -0.2) is 4.39 Å². The topological polar surface area (TPSA) is 130 Å². The zero-order chi connectivity index (χ0) is 34.8. The number of pyridine rings is 1. The van der Waals surface area contributed by atoms with Gasteiger partial charge in [0.05, 0.1) is 20.1 Å². The largest absolute Gasteiger partial charge is 0.493 e. The lowest BCUT2D eigenvalue weighted by molar-refractivity contribution is -0.138. The first-order chi connectivity index (χ1) is 23.7. The lowest BCUT2D eigenvalue weighted by Crippen LogP contribution is -2.46. The standard InChI is InChI=1S/C36H41ClFN5O6/c1-48-31-11-9-26-18-32(31)49-28-21-30(43(23-28)34(45)19-25-8-10-27(38)20-29(25)37)36(47)41-14-2-3-16-42(17-5-15-40-35(26)46)33(44)12-7-24-6-4-13-39-22-24/h4,6,8-11,13,18,20,22,28,30H,2-3,5,7,12,14-17,19,21,23H2,1H3,(H,40,46)(H,41,47)/t28-,30-/m0/s1. The molecule has 13 heteroatoms. The maximum atomic E-state index is 13.6. The third-order valence-electron chi connectivity index (χ3n) is 8.71. The maximum Gasteiger partial charge on any atom is 0.251 e. The first-order valence-electron chi connectivity index (χ1n) is 16.5. The molecule has 2 aromatic carbocycles. The van der Waals surface area contributed by atoms with E-state index in [1.807, 2.05) is 12.1 Å². The van der Waals surface area contributed by atoms with Crippen molar-refractivity contribution in [1.82, 2.24) is 25.4 Å². The molecule has 2 atom stereocenters. The van der Waals surface area contributed by atoms with Gasteiger partial charge >= 0.3 is 0 Å². The number of hydrogen-bond donors (Lipinski definition) is 2. The van der Waals surface area contributed by atoms with E-state index in [2.05, 4.69) is 15.6 Å². The highest BCUT2D eigenvalue weighted by Crippen LogP contribution is 2.32. The van der Waals surface area contributed by atoms with Gasteiger partial charge in [0.2, 0.25) is 17.7 Å².